The quantitative estimate of drug-likeness (QED) is 0.313. The van der Waals surface area contributed by atoms with Crippen molar-refractivity contribution in [2.24, 2.45) is 22.7 Å². The third kappa shape index (κ3) is 4.06. The molecule has 1 aromatic heterocycles. The zero-order valence-electron chi connectivity index (χ0n) is 23.6. The second-order valence-electron chi connectivity index (χ2n) is 14.1. The molecule has 0 radical (unpaired) electrons. The maximum absolute atomic E-state index is 13.5. The summed E-state index contributed by atoms with van der Waals surface area (Å²) in [4.78, 5) is 25.3. The molecule has 2 aromatic rings. The fraction of sp³-hybridized carbons (Fsp3) is 0.618. The van der Waals surface area contributed by atoms with Crippen molar-refractivity contribution in [3.63, 3.8) is 0 Å². The molecule has 1 N–H and O–H groups in total. The highest BCUT2D eigenvalue weighted by Gasteiger charge is 2.61. The van der Waals surface area contributed by atoms with E-state index in [1.54, 1.807) is 11.3 Å². The lowest BCUT2D eigenvalue weighted by Crippen LogP contribution is -2.56. The number of allylic oxidation sites excluding steroid dienone is 1. The number of hydrogen-bond acceptors (Lipinski definition) is 5. The monoisotopic (exact) mass is 546 g/mol. The highest BCUT2D eigenvalue weighted by Crippen LogP contribution is 2.66. The minimum Gasteiger partial charge on any atom is -0.385 e. The number of ketones is 1. The molecular weight excluding hydrogens is 504 g/mol. The Morgan fingerprint density at radius 1 is 1.03 bits per heavy atom. The molecule has 4 aliphatic carbocycles. The number of aliphatic hydroxyl groups is 1. The van der Waals surface area contributed by atoms with Crippen LogP contribution in [0.25, 0.3) is 11.1 Å². The summed E-state index contributed by atoms with van der Waals surface area (Å²) in [7, 11) is 0. The maximum Gasteiger partial charge on any atom is 0.139 e. The zero-order valence-corrected chi connectivity index (χ0v) is 24.4. The predicted octanol–water partition coefficient (Wildman–Crippen LogP) is 8.02. The largest absolute Gasteiger partial charge is 0.385 e. The number of rotatable bonds is 3. The summed E-state index contributed by atoms with van der Waals surface area (Å²) in [6.45, 7) is 7.31. The Labute approximate surface area is 236 Å². The van der Waals surface area contributed by atoms with Gasteiger partial charge in [-0.2, -0.15) is 11.3 Å². The van der Waals surface area contributed by atoms with Crippen molar-refractivity contribution in [2.45, 2.75) is 102 Å². The van der Waals surface area contributed by atoms with Crippen LogP contribution in [0.2, 0.25) is 0 Å². The van der Waals surface area contributed by atoms with Gasteiger partial charge in [0.1, 0.15) is 11.4 Å². The molecule has 208 valence electrons. The van der Waals surface area contributed by atoms with Crippen LogP contribution in [-0.2, 0) is 14.6 Å². The molecule has 6 atom stereocenters. The smallest absolute Gasteiger partial charge is 0.139 e. The van der Waals surface area contributed by atoms with Crippen molar-refractivity contribution in [3.8, 4) is 11.1 Å². The first-order valence-electron chi connectivity index (χ1n) is 15.1. The van der Waals surface area contributed by atoms with Gasteiger partial charge in [-0.05, 0) is 108 Å². The molecule has 1 saturated heterocycles. The molecule has 4 nitrogen and oxygen atoms in total. The van der Waals surface area contributed by atoms with Crippen LogP contribution in [0.15, 0.2) is 52.2 Å². The van der Waals surface area contributed by atoms with E-state index in [0.29, 0.717) is 30.6 Å². The normalized spacial score (nSPS) is 39.4. The molecule has 4 fully saturated rings. The number of carbonyl (C=O) groups is 1. The van der Waals surface area contributed by atoms with Crippen LogP contribution in [0, 0.1) is 22.7 Å². The van der Waals surface area contributed by atoms with Gasteiger partial charge in [-0.25, -0.2) is 9.78 Å². The van der Waals surface area contributed by atoms with Crippen LogP contribution in [-0.4, -0.2) is 28.7 Å². The van der Waals surface area contributed by atoms with Gasteiger partial charge in [-0.15, -0.1) is 0 Å². The number of hydrogen-bond donors (Lipinski definition) is 1. The van der Waals surface area contributed by atoms with E-state index in [0.717, 1.165) is 57.8 Å². The Morgan fingerprint density at radius 3 is 2.56 bits per heavy atom. The first kappa shape index (κ1) is 26.1. The van der Waals surface area contributed by atoms with E-state index in [9.17, 15) is 9.90 Å². The molecule has 1 aromatic carbocycles. The molecule has 1 spiro atoms. The van der Waals surface area contributed by atoms with Gasteiger partial charge in [-0.1, -0.05) is 50.6 Å². The van der Waals surface area contributed by atoms with E-state index in [1.165, 1.54) is 27.8 Å². The van der Waals surface area contributed by atoms with Crippen LogP contribution in [0.3, 0.4) is 0 Å². The van der Waals surface area contributed by atoms with Gasteiger partial charge in [0.25, 0.3) is 0 Å². The Hall–Kier alpha value is -1.79. The third-order valence-corrected chi connectivity index (χ3v) is 12.0. The van der Waals surface area contributed by atoms with Crippen LogP contribution in [0.4, 0.5) is 0 Å². The number of carbonyl (C=O) groups excluding carboxylic acids is 1. The van der Waals surface area contributed by atoms with Gasteiger partial charge >= 0.3 is 0 Å². The Kier molecular flexibility index (Phi) is 6.10. The molecule has 5 heteroatoms. The van der Waals surface area contributed by atoms with E-state index in [2.05, 4.69) is 61.9 Å². The lowest BCUT2D eigenvalue weighted by atomic mass is 9.49. The average molecular weight is 547 g/mol. The summed E-state index contributed by atoms with van der Waals surface area (Å²) >= 11 is 1.72. The lowest BCUT2D eigenvalue weighted by molar-refractivity contribution is -0.414. The second kappa shape index (κ2) is 9.11. The molecule has 5 aliphatic rings. The first-order valence-corrected chi connectivity index (χ1v) is 16.0. The summed E-state index contributed by atoms with van der Waals surface area (Å²) in [6, 6.07) is 11.3. The Balaban J connectivity index is 1.32. The minimum atomic E-state index is -0.857. The molecule has 0 bridgehead atoms. The highest BCUT2D eigenvalue weighted by atomic mass is 32.1. The average Bonchev–Trinajstić information content (AvgIpc) is 3.56. The first-order chi connectivity index (χ1) is 18.7. The van der Waals surface area contributed by atoms with E-state index >= 15 is 0 Å². The standard InChI is InChI=1S/C34H42O4S/c1-4-33-17-26(23-7-5-22(6-8-23)24-13-16-39-18-24)30-25(27(33)9-10-29(33)35)11-15-34(36)20-32(14-12-28(30)34)19-31(2,3)21-37-38-32/h5-8,13,16,18,25-27,36H,4,9-12,14-15,17,19-21H2,1-3H3/t25-,26+,27-,32?,33-,34+/m0/s1. The summed E-state index contributed by atoms with van der Waals surface area (Å²) in [5, 5.41) is 16.7. The van der Waals surface area contributed by atoms with Gasteiger partial charge in [0.2, 0.25) is 0 Å². The summed E-state index contributed by atoms with van der Waals surface area (Å²) in [5.41, 5.74) is 5.08. The zero-order chi connectivity index (χ0) is 27.0. The van der Waals surface area contributed by atoms with Crippen molar-refractivity contribution in [2.75, 3.05) is 6.61 Å². The Bertz CT molecular complexity index is 1290. The van der Waals surface area contributed by atoms with Gasteiger partial charge in [0.15, 0.2) is 0 Å². The van der Waals surface area contributed by atoms with Crippen molar-refractivity contribution in [1.29, 1.82) is 0 Å². The molecule has 0 amide bonds. The van der Waals surface area contributed by atoms with E-state index in [-0.39, 0.29) is 16.7 Å². The highest BCUT2D eigenvalue weighted by molar-refractivity contribution is 7.08. The van der Waals surface area contributed by atoms with Crippen molar-refractivity contribution < 1.29 is 19.7 Å². The van der Waals surface area contributed by atoms with Crippen LogP contribution in [0.1, 0.15) is 96.5 Å². The molecule has 1 aliphatic heterocycles. The van der Waals surface area contributed by atoms with Crippen LogP contribution >= 0.6 is 11.3 Å². The van der Waals surface area contributed by atoms with Crippen LogP contribution in [0.5, 0.6) is 0 Å². The Morgan fingerprint density at radius 2 is 1.85 bits per heavy atom. The summed E-state index contributed by atoms with van der Waals surface area (Å²) in [6.07, 6.45) is 8.51. The molecular formula is C34H42O4S. The van der Waals surface area contributed by atoms with Crippen molar-refractivity contribution in [1.82, 2.24) is 0 Å². The minimum absolute atomic E-state index is 0.0406. The van der Waals surface area contributed by atoms with Gasteiger partial charge in [-0.3, -0.25) is 4.79 Å². The number of benzene rings is 1. The fourth-order valence-corrected chi connectivity index (χ4v) is 10.4. The number of Topliss-reactive ketones (excluding diaryl/α,β-unsaturated/α-hetero) is 1. The van der Waals surface area contributed by atoms with Gasteiger partial charge in [0.05, 0.1) is 12.2 Å². The van der Waals surface area contributed by atoms with Crippen LogP contribution < -0.4 is 0 Å². The van der Waals surface area contributed by atoms with E-state index < -0.39 is 11.2 Å². The second-order valence-corrected chi connectivity index (χ2v) is 14.9. The summed E-state index contributed by atoms with van der Waals surface area (Å²) < 4.78 is 0. The molecule has 39 heavy (non-hydrogen) atoms. The molecule has 3 saturated carbocycles. The van der Waals surface area contributed by atoms with Gasteiger partial charge in [0, 0.05) is 24.2 Å². The van der Waals surface area contributed by atoms with Crippen molar-refractivity contribution >= 4 is 17.1 Å². The topological polar surface area (TPSA) is 55.8 Å². The maximum atomic E-state index is 13.5. The molecule has 1 unspecified atom stereocenters. The SMILES string of the molecule is CC[C@]12C[C@H](c3ccc(-c4ccsc4)cc3)C3=C4CCC5(CC(C)(C)COO5)C[C@]4(O)CC[C@H]3[C@@H]1CCC2=O. The lowest BCUT2D eigenvalue weighted by Gasteiger charge is -2.57. The number of thiophene rings is 1. The summed E-state index contributed by atoms with van der Waals surface area (Å²) in [5.74, 6) is 1.46. The third-order valence-electron chi connectivity index (χ3n) is 11.3. The van der Waals surface area contributed by atoms with Crippen molar-refractivity contribution in [3.05, 3.63) is 57.8 Å². The van der Waals surface area contributed by atoms with E-state index in [1.807, 2.05) is 0 Å². The fourth-order valence-electron chi connectivity index (χ4n) is 9.70. The number of fused-ring (bicyclic) bond motifs is 4. The van der Waals surface area contributed by atoms with E-state index in [4.69, 9.17) is 9.78 Å². The van der Waals surface area contributed by atoms with Gasteiger partial charge < -0.3 is 5.11 Å². The molecule has 2 heterocycles. The predicted molar refractivity (Wildman–Crippen MR) is 154 cm³/mol. The molecule has 7 rings (SSSR count).